The number of esters is 1. The van der Waals surface area contributed by atoms with E-state index in [1.807, 2.05) is 12.1 Å². The molecule has 0 radical (unpaired) electrons. The lowest BCUT2D eigenvalue weighted by atomic mass is 9.81. The number of likely N-dealkylation sites (tertiary alicyclic amines) is 1. The minimum atomic E-state index is -0.407. The van der Waals surface area contributed by atoms with E-state index in [4.69, 9.17) is 16.3 Å². The zero-order valence-corrected chi connectivity index (χ0v) is 19.8. The molecule has 9 nitrogen and oxygen atoms in total. The van der Waals surface area contributed by atoms with Crippen LogP contribution in [0.4, 0.5) is 20.4 Å². The zero-order valence-electron chi connectivity index (χ0n) is 17.4. The third-order valence-corrected chi connectivity index (χ3v) is 7.89. The predicted molar refractivity (Wildman–Crippen MR) is 123 cm³/mol. The van der Waals surface area contributed by atoms with Gasteiger partial charge in [-0.3, -0.25) is 15.0 Å². The SMILES string of the molecule is COC(=O)CSc1cnc(NC(=O)N2CC3(CCN(C(=O)OC)C3)c3cc(Cl)ccc32)s1. The van der Waals surface area contributed by atoms with Gasteiger partial charge in [-0.05, 0) is 30.2 Å². The first-order chi connectivity index (χ1) is 15.3. The van der Waals surface area contributed by atoms with Crippen molar-refractivity contribution in [2.24, 2.45) is 0 Å². The molecule has 2 aliphatic rings. The van der Waals surface area contributed by atoms with Crippen LogP contribution in [0, 0.1) is 0 Å². The maximum absolute atomic E-state index is 13.2. The molecule has 0 aliphatic carbocycles. The topological polar surface area (TPSA) is 101 Å². The number of thiazole rings is 1. The smallest absolute Gasteiger partial charge is 0.409 e. The molecule has 2 aliphatic heterocycles. The summed E-state index contributed by atoms with van der Waals surface area (Å²) >= 11 is 8.84. The second kappa shape index (κ2) is 9.16. The van der Waals surface area contributed by atoms with Crippen molar-refractivity contribution in [2.45, 2.75) is 16.0 Å². The van der Waals surface area contributed by atoms with Crippen LogP contribution in [0.5, 0.6) is 0 Å². The van der Waals surface area contributed by atoms with Gasteiger partial charge in [0, 0.05) is 35.8 Å². The van der Waals surface area contributed by atoms with E-state index in [1.54, 1.807) is 22.1 Å². The molecule has 3 amide bonds. The number of hydrogen-bond acceptors (Lipinski definition) is 8. The molecule has 1 fully saturated rings. The molecule has 4 rings (SSSR count). The monoisotopic (exact) mass is 496 g/mol. The molecule has 1 aromatic heterocycles. The standard InChI is InChI=1S/C20H21ClN4O5S2/c1-29-15(26)9-31-16-8-22-17(32-16)23-18(27)25-11-20(5-6-24(10-20)19(28)30-2)13-7-12(21)3-4-14(13)25/h3-4,7-8H,5-6,9-11H2,1-2H3,(H,22,23,27). The number of amides is 3. The van der Waals surface area contributed by atoms with E-state index in [-0.39, 0.29) is 23.8 Å². The number of fused-ring (bicyclic) bond motifs is 2. The summed E-state index contributed by atoms with van der Waals surface area (Å²) in [5.41, 5.74) is 1.30. The van der Waals surface area contributed by atoms with Crippen LogP contribution in [0.3, 0.4) is 0 Å². The van der Waals surface area contributed by atoms with Crippen LogP contribution in [0.15, 0.2) is 28.6 Å². The molecule has 1 atom stereocenters. The quantitative estimate of drug-likeness (QED) is 0.507. The summed E-state index contributed by atoms with van der Waals surface area (Å²) in [5, 5.41) is 3.85. The average molecular weight is 497 g/mol. The minimum Gasteiger partial charge on any atom is -0.468 e. The predicted octanol–water partition coefficient (Wildman–Crippen LogP) is 3.82. The Morgan fingerprint density at radius 1 is 1.28 bits per heavy atom. The number of carbonyl (C=O) groups is 3. The number of methoxy groups -OCH3 is 2. The van der Waals surface area contributed by atoms with E-state index < -0.39 is 5.41 Å². The van der Waals surface area contributed by atoms with Crippen LogP contribution >= 0.6 is 34.7 Å². The molecule has 12 heteroatoms. The highest BCUT2D eigenvalue weighted by Crippen LogP contribution is 2.47. The van der Waals surface area contributed by atoms with Gasteiger partial charge in [0.15, 0.2) is 5.13 Å². The first-order valence-electron chi connectivity index (χ1n) is 9.72. The number of urea groups is 1. The third kappa shape index (κ3) is 4.37. The molecule has 1 N–H and O–H groups in total. The first-order valence-corrected chi connectivity index (χ1v) is 11.9. The molecule has 32 heavy (non-hydrogen) atoms. The number of nitrogens with zero attached hydrogens (tertiary/aromatic N) is 3. The Morgan fingerprint density at radius 3 is 2.84 bits per heavy atom. The summed E-state index contributed by atoms with van der Waals surface area (Å²) in [5.74, 6) is -0.157. The maximum Gasteiger partial charge on any atom is 0.409 e. The Balaban J connectivity index is 1.51. The molecular weight excluding hydrogens is 476 g/mol. The highest BCUT2D eigenvalue weighted by atomic mass is 35.5. The van der Waals surface area contributed by atoms with Crippen LogP contribution in [-0.2, 0) is 19.7 Å². The number of halogens is 1. The second-order valence-electron chi connectivity index (χ2n) is 7.45. The van der Waals surface area contributed by atoms with Crippen molar-refractivity contribution in [3.63, 3.8) is 0 Å². The average Bonchev–Trinajstić information content (AvgIpc) is 3.50. The van der Waals surface area contributed by atoms with E-state index in [0.717, 1.165) is 15.5 Å². The molecule has 170 valence electrons. The molecule has 2 aromatic rings. The van der Waals surface area contributed by atoms with Gasteiger partial charge in [-0.1, -0.05) is 22.9 Å². The molecule has 1 spiro atoms. The fraction of sp³-hybridized carbons (Fsp3) is 0.400. The second-order valence-corrected chi connectivity index (χ2v) is 10.2. The van der Waals surface area contributed by atoms with Gasteiger partial charge >= 0.3 is 18.1 Å². The summed E-state index contributed by atoms with van der Waals surface area (Å²) in [7, 11) is 2.70. The minimum absolute atomic E-state index is 0.172. The Kier molecular flexibility index (Phi) is 6.50. The molecule has 0 saturated carbocycles. The fourth-order valence-electron chi connectivity index (χ4n) is 4.06. The van der Waals surface area contributed by atoms with Gasteiger partial charge in [-0.25, -0.2) is 14.6 Å². The summed E-state index contributed by atoms with van der Waals surface area (Å²) in [4.78, 5) is 44.1. The number of carbonyl (C=O) groups excluding carboxylic acids is 3. The van der Waals surface area contributed by atoms with Gasteiger partial charge in [0.2, 0.25) is 0 Å². The van der Waals surface area contributed by atoms with Crippen LogP contribution in [-0.4, -0.2) is 67.6 Å². The van der Waals surface area contributed by atoms with Crippen LogP contribution < -0.4 is 10.2 Å². The van der Waals surface area contributed by atoms with Gasteiger partial charge in [0.05, 0.1) is 30.4 Å². The van der Waals surface area contributed by atoms with E-state index in [0.29, 0.717) is 36.2 Å². The summed E-state index contributed by atoms with van der Waals surface area (Å²) in [6, 6.07) is 5.13. The zero-order chi connectivity index (χ0) is 22.9. The van der Waals surface area contributed by atoms with Crippen LogP contribution in [0.2, 0.25) is 5.02 Å². The Hall–Kier alpha value is -2.50. The lowest BCUT2D eigenvalue weighted by molar-refractivity contribution is -0.137. The molecule has 1 aromatic carbocycles. The number of aromatic nitrogens is 1. The van der Waals surface area contributed by atoms with Crippen molar-refractivity contribution in [3.05, 3.63) is 35.0 Å². The van der Waals surface area contributed by atoms with Gasteiger partial charge in [0.1, 0.15) is 0 Å². The molecule has 1 saturated heterocycles. The fourth-order valence-corrected chi connectivity index (χ4v) is 5.93. The van der Waals surface area contributed by atoms with Crippen LogP contribution in [0.1, 0.15) is 12.0 Å². The normalized spacial score (nSPS) is 19.2. The number of benzene rings is 1. The Bertz CT molecular complexity index is 1060. The third-order valence-electron chi connectivity index (χ3n) is 5.57. The summed E-state index contributed by atoms with van der Waals surface area (Å²) in [6.45, 7) is 1.40. The molecular formula is C20H21ClN4O5S2. The number of nitrogens with one attached hydrogen (secondary N) is 1. The lowest BCUT2D eigenvalue weighted by Gasteiger charge is -2.25. The Labute approximate surface area is 198 Å². The Morgan fingerprint density at radius 2 is 2.09 bits per heavy atom. The van der Waals surface area contributed by atoms with Crippen molar-refractivity contribution in [3.8, 4) is 0 Å². The van der Waals surface area contributed by atoms with E-state index in [1.165, 1.54) is 37.3 Å². The first kappa shape index (κ1) is 22.7. The number of ether oxygens (including phenoxy) is 2. The summed E-state index contributed by atoms with van der Waals surface area (Å²) < 4.78 is 10.3. The van der Waals surface area contributed by atoms with Crippen molar-refractivity contribution in [1.82, 2.24) is 9.88 Å². The van der Waals surface area contributed by atoms with Crippen LogP contribution in [0.25, 0.3) is 0 Å². The number of anilines is 2. The van der Waals surface area contributed by atoms with Crippen molar-refractivity contribution in [2.75, 3.05) is 49.8 Å². The number of rotatable bonds is 4. The lowest BCUT2D eigenvalue weighted by Crippen LogP contribution is -2.41. The molecule has 3 heterocycles. The van der Waals surface area contributed by atoms with Crippen molar-refractivity contribution < 1.29 is 23.9 Å². The highest BCUT2D eigenvalue weighted by Gasteiger charge is 2.50. The largest absolute Gasteiger partial charge is 0.468 e. The van der Waals surface area contributed by atoms with E-state index >= 15 is 0 Å². The molecule has 0 bridgehead atoms. The van der Waals surface area contributed by atoms with Gasteiger partial charge in [0.25, 0.3) is 0 Å². The maximum atomic E-state index is 13.2. The summed E-state index contributed by atoms with van der Waals surface area (Å²) in [6.07, 6.45) is 1.93. The van der Waals surface area contributed by atoms with Crippen molar-refractivity contribution in [1.29, 1.82) is 0 Å². The van der Waals surface area contributed by atoms with Crippen molar-refractivity contribution >= 4 is 63.6 Å². The van der Waals surface area contributed by atoms with E-state index in [2.05, 4.69) is 15.0 Å². The van der Waals surface area contributed by atoms with Gasteiger partial charge in [-0.2, -0.15) is 0 Å². The van der Waals surface area contributed by atoms with E-state index in [9.17, 15) is 14.4 Å². The van der Waals surface area contributed by atoms with Gasteiger partial charge in [-0.15, -0.1) is 11.8 Å². The van der Waals surface area contributed by atoms with Gasteiger partial charge < -0.3 is 14.4 Å². The number of thioether (sulfide) groups is 1. The molecule has 1 unspecified atom stereocenters. The number of hydrogen-bond donors (Lipinski definition) is 1. The highest BCUT2D eigenvalue weighted by molar-refractivity contribution is 8.01.